The lowest BCUT2D eigenvalue weighted by Crippen LogP contribution is -2.14. The third kappa shape index (κ3) is 3.26. The van der Waals surface area contributed by atoms with Gasteiger partial charge in [-0.05, 0) is 42.8 Å². The molecule has 0 radical (unpaired) electrons. The summed E-state index contributed by atoms with van der Waals surface area (Å²) in [5.74, 6) is 0. The minimum Gasteiger partial charge on any atom is -0.398 e. The van der Waals surface area contributed by atoms with E-state index >= 15 is 0 Å². The van der Waals surface area contributed by atoms with Crippen molar-refractivity contribution in [2.45, 2.75) is 11.8 Å². The second kappa shape index (κ2) is 5.63. The SMILES string of the molecule is Cc1ccc(NS(=O)(=O)c2ccc(Br)cc2N)cc1Cl. The summed E-state index contributed by atoms with van der Waals surface area (Å²) in [5.41, 5.74) is 7.18. The number of sulfonamides is 1. The predicted octanol–water partition coefficient (Wildman–Crippen LogP) is 3.79. The molecule has 2 aromatic carbocycles. The standard InChI is InChI=1S/C13H12BrClN2O2S/c1-8-2-4-10(7-11(8)15)17-20(18,19)13-5-3-9(14)6-12(13)16/h2-7,17H,16H2,1H3. The fraction of sp³-hybridized carbons (Fsp3) is 0.0769. The number of hydrogen-bond acceptors (Lipinski definition) is 3. The third-order valence-corrected chi connectivity index (χ3v) is 5.04. The Morgan fingerprint density at radius 3 is 2.50 bits per heavy atom. The number of nitrogens with two attached hydrogens (primary N) is 1. The molecule has 0 aliphatic heterocycles. The number of nitrogens with one attached hydrogen (secondary N) is 1. The highest BCUT2D eigenvalue weighted by molar-refractivity contribution is 9.10. The molecule has 0 aromatic heterocycles. The van der Waals surface area contributed by atoms with Crippen LogP contribution in [0.4, 0.5) is 11.4 Å². The van der Waals surface area contributed by atoms with Crippen molar-refractivity contribution in [2.75, 3.05) is 10.5 Å². The van der Waals surface area contributed by atoms with Gasteiger partial charge in [-0.2, -0.15) is 0 Å². The van der Waals surface area contributed by atoms with Gasteiger partial charge in [0.2, 0.25) is 0 Å². The summed E-state index contributed by atoms with van der Waals surface area (Å²) in [6, 6.07) is 9.55. The van der Waals surface area contributed by atoms with Crippen molar-refractivity contribution < 1.29 is 8.42 Å². The van der Waals surface area contributed by atoms with E-state index in [1.807, 2.05) is 6.92 Å². The Morgan fingerprint density at radius 2 is 1.90 bits per heavy atom. The molecule has 0 bridgehead atoms. The van der Waals surface area contributed by atoms with Gasteiger partial charge < -0.3 is 5.73 Å². The lowest BCUT2D eigenvalue weighted by atomic mass is 10.2. The van der Waals surface area contributed by atoms with Crippen LogP contribution < -0.4 is 10.5 Å². The van der Waals surface area contributed by atoms with E-state index in [0.29, 0.717) is 15.2 Å². The van der Waals surface area contributed by atoms with Gasteiger partial charge in [-0.1, -0.05) is 33.6 Å². The molecule has 106 valence electrons. The minimum atomic E-state index is -3.74. The first-order chi connectivity index (χ1) is 9.29. The number of nitrogen functional groups attached to an aromatic ring is 1. The maximum atomic E-state index is 12.3. The minimum absolute atomic E-state index is 0.0254. The molecular weight excluding hydrogens is 364 g/mol. The van der Waals surface area contributed by atoms with E-state index in [2.05, 4.69) is 20.7 Å². The highest BCUT2D eigenvalue weighted by Crippen LogP contribution is 2.26. The average molecular weight is 376 g/mol. The first-order valence-corrected chi connectivity index (χ1v) is 8.29. The Hall–Kier alpha value is -1.24. The van der Waals surface area contributed by atoms with Crippen molar-refractivity contribution in [3.63, 3.8) is 0 Å². The molecular formula is C13H12BrClN2O2S. The second-order valence-corrected chi connectivity index (χ2v) is 7.23. The molecule has 0 atom stereocenters. The monoisotopic (exact) mass is 374 g/mol. The predicted molar refractivity (Wildman–Crippen MR) is 85.6 cm³/mol. The zero-order chi connectivity index (χ0) is 14.9. The van der Waals surface area contributed by atoms with Crippen LogP contribution in [-0.2, 0) is 10.0 Å². The van der Waals surface area contributed by atoms with Crippen LogP contribution in [0.1, 0.15) is 5.56 Å². The Bertz CT molecular complexity index is 763. The van der Waals surface area contributed by atoms with Gasteiger partial charge in [-0.25, -0.2) is 8.42 Å². The van der Waals surface area contributed by atoms with Crippen molar-refractivity contribution in [3.05, 3.63) is 51.5 Å². The fourth-order valence-corrected chi connectivity index (χ4v) is 3.35. The number of hydrogen-bond donors (Lipinski definition) is 2. The topological polar surface area (TPSA) is 72.2 Å². The maximum absolute atomic E-state index is 12.3. The second-order valence-electron chi connectivity index (χ2n) is 4.25. The number of aryl methyl sites for hydroxylation is 1. The summed E-state index contributed by atoms with van der Waals surface area (Å²) in [4.78, 5) is 0.0254. The summed E-state index contributed by atoms with van der Waals surface area (Å²) in [6.07, 6.45) is 0. The first-order valence-electron chi connectivity index (χ1n) is 5.63. The van der Waals surface area contributed by atoms with Crippen LogP contribution in [-0.4, -0.2) is 8.42 Å². The van der Waals surface area contributed by atoms with Crippen LogP contribution in [0.5, 0.6) is 0 Å². The van der Waals surface area contributed by atoms with E-state index in [1.165, 1.54) is 12.1 Å². The summed E-state index contributed by atoms with van der Waals surface area (Å²) in [7, 11) is -3.74. The highest BCUT2D eigenvalue weighted by Gasteiger charge is 2.18. The molecule has 2 aromatic rings. The van der Waals surface area contributed by atoms with Crippen LogP contribution in [0, 0.1) is 6.92 Å². The van der Waals surface area contributed by atoms with Crippen LogP contribution >= 0.6 is 27.5 Å². The molecule has 0 heterocycles. The largest absolute Gasteiger partial charge is 0.398 e. The van der Waals surface area contributed by atoms with Crippen molar-refractivity contribution in [2.24, 2.45) is 0 Å². The van der Waals surface area contributed by atoms with Gasteiger partial charge in [0.25, 0.3) is 10.0 Å². The Balaban J connectivity index is 2.38. The van der Waals surface area contributed by atoms with Crippen molar-refractivity contribution in [1.29, 1.82) is 0 Å². The van der Waals surface area contributed by atoms with Gasteiger partial charge in [-0.3, -0.25) is 4.72 Å². The molecule has 3 N–H and O–H groups in total. The van der Waals surface area contributed by atoms with E-state index in [4.69, 9.17) is 17.3 Å². The zero-order valence-electron chi connectivity index (χ0n) is 10.5. The first kappa shape index (κ1) is 15.2. The van der Waals surface area contributed by atoms with Crippen LogP contribution in [0.15, 0.2) is 45.8 Å². The fourth-order valence-electron chi connectivity index (χ4n) is 1.63. The van der Waals surface area contributed by atoms with Crippen LogP contribution in [0.25, 0.3) is 0 Å². The molecule has 0 saturated carbocycles. The molecule has 0 spiro atoms. The van der Waals surface area contributed by atoms with Gasteiger partial charge >= 0.3 is 0 Å². The zero-order valence-corrected chi connectivity index (χ0v) is 13.7. The van der Waals surface area contributed by atoms with Gasteiger partial charge in [-0.15, -0.1) is 0 Å². The molecule has 0 saturated heterocycles. The van der Waals surface area contributed by atoms with E-state index in [0.717, 1.165) is 5.56 Å². The highest BCUT2D eigenvalue weighted by atomic mass is 79.9. The van der Waals surface area contributed by atoms with Gasteiger partial charge in [0.05, 0.1) is 11.4 Å². The van der Waals surface area contributed by atoms with E-state index < -0.39 is 10.0 Å². The molecule has 0 fully saturated rings. The summed E-state index contributed by atoms with van der Waals surface area (Å²) < 4.78 is 27.7. The summed E-state index contributed by atoms with van der Waals surface area (Å²) >= 11 is 9.21. The van der Waals surface area contributed by atoms with E-state index in [-0.39, 0.29) is 10.6 Å². The van der Waals surface area contributed by atoms with Crippen molar-refractivity contribution in [3.8, 4) is 0 Å². The van der Waals surface area contributed by atoms with Gasteiger partial charge in [0, 0.05) is 9.50 Å². The number of halogens is 2. The molecule has 0 aliphatic carbocycles. The number of rotatable bonds is 3. The lowest BCUT2D eigenvalue weighted by Gasteiger charge is -2.11. The average Bonchev–Trinajstić information content (AvgIpc) is 2.33. The maximum Gasteiger partial charge on any atom is 0.263 e. The Labute approximate surface area is 131 Å². The molecule has 20 heavy (non-hydrogen) atoms. The van der Waals surface area contributed by atoms with Gasteiger partial charge in [0.1, 0.15) is 4.90 Å². The van der Waals surface area contributed by atoms with Crippen LogP contribution in [0.3, 0.4) is 0 Å². The smallest absolute Gasteiger partial charge is 0.263 e. The molecule has 0 amide bonds. The van der Waals surface area contributed by atoms with Crippen LogP contribution in [0.2, 0.25) is 5.02 Å². The molecule has 7 heteroatoms. The summed E-state index contributed by atoms with van der Waals surface area (Å²) in [6.45, 7) is 1.84. The number of anilines is 2. The van der Waals surface area contributed by atoms with E-state index in [1.54, 1.807) is 24.3 Å². The summed E-state index contributed by atoms with van der Waals surface area (Å²) in [5, 5.41) is 0.494. The Kier molecular flexibility index (Phi) is 4.27. The molecule has 0 unspecified atom stereocenters. The lowest BCUT2D eigenvalue weighted by molar-refractivity contribution is 0.601. The Morgan fingerprint density at radius 1 is 1.20 bits per heavy atom. The number of benzene rings is 2. The molecule has 0 aliphatic rings. The normalized spacial score (nSPS) is 11.3. The van der Waals surface area contributed by atoms with Crippen molar-refractivity contribution >= 4 is 48.9 Å². The van der Waals surface area contributed by atoms with Crippen molar-refractivity contribution in [1.82, 2.24) is 0 Å². The van der Waals surface area contributed by atoms with Gasteiger partial charge in [0.15, 0.2) is 0 Å². The molecule has 4 nitrogen and oxygen atoms in total. The third-order valence-electron chi connectivity index (χ3n) is 2.69. The molecule has 2 rings (SSSR count). The van der Waals surface area contributed by atoms with E-state index in [9.17, 15) is 8.42 Å². The quantitative estimate of drug-likeness (QED) is 0.802.